The van der Waals surface area contributed by atoms with E-state index in [4.69, 9.17) is 10.8 Å². The number of aromatic hydroxyl groups is 1. The van der Waals surface area contributed by atoms with Crippen LogP contribution in [-0.2, 0) is 4.79 Å². The number of carbonyl (C=O) groups is 2. The molecule has 1 aromatic carbocycles. The molecule has 98 valence electrons. The zero-order valence-corrected chi connectivity index (χ0v) is 10.0. The number of aromatic carboxylic acids is 1. The number of phenols is 1. The van der Waals surface area contributed by atoms with Gasteiger partial charge in [-0.2, -0.15) is 0 Å². The Morgan fingerprint density at radius 2 is 2.11 bits per heavy atom. The van der Waals surface area contributed by atoms with Gasteiger partial charge in [-0.1, -0.05) is 13.3 Å². The number of carbonyl (C=O) groups excluding carboxylic acids is 1. The zero-order chi connectivity index (χ0) is 13.7. The lowest BCUT2D eigenvalue weighted by molar-refractivity contribution is -0.117. The number of benzene rings is 1. The average molecular weight is 252 g/mol. The molecule has 0 spiro atoms. The molecule has 1 aromatic rings. The topological polar surface area (TPSA) is 113 Å². The largest absolute Gasteiger partial charge is 0.507 e. The summed E-state index contributed by atoms with van der Waals surface area (Å²) in [6, 6.07) is 3.19. The van der Waals surface area contributed by atoms with Gasteiger partial charge < -0.3 is 21.3 Å². The number of amides is 1. The summed E-state index contributed by atoms with van der Waals surface area (Å²) in [4.78, 5) is 22.4. The molecule has 0 saturated carbocycles. The molecule has 5 N–H and O–H groups in total. The van der Waals surface area contributed by atoms with Gasteiger partial charge in [0.1, 0.15) is 11.3 Å². The number of nitrogens with one attached hydrogen (secondary N) is 1. The Bertz CT molecular complexity index is 459. The minimum atomic E-state index is -1.26. The van der Waals surface area contributed by atoms with Crippen molar-refractivity contribution in [3.8, 4) is 5.75 Å². The normalized spacial score (nSPS) is 11.9. The number of rotatable bonds is 5. The van der Waals surface area contributed by atoms with Crippen molar-refractivity contribution in [1.29, 1.82) is 0 Å². The first kappa shape index (κ1) is 14.0. The highest BCUT2D eigenvalue weighted by molar-refractivity contribution is 5.97. The van der Waals surface area contributed by atoms with E-state index in [2.05, 4.69) is 5.32 Å². The van der Waals surface area contributed by atoms with Gasteiger partial charge in [-0.3, -0.25) is 4.79 Å². The molecule has 0 fully saturated rings. The first-order valence-corrected chi connectivity index (χ1v) is 5.58. The van der Waals surface area contributed by atoms with E-state index in [1.807, 2.05) is 6.92 Å². The third kappa shape index (κ3) is 3.46. The van der Waals surface area contributed by atoms with Gasteiger partial charge in [0.25, 0.3) is 0 Å². The first-order valence-electron chi connectivity index (χ1n) is 5.58. The van der Waals surface area contributed by atoms with Gasteiger partial charge in [-0.25, -0.2) is 4.79 Å². The maximum Gasteiger partial charge on any atom is 0.339 e. The van der Waals surface area contributed by atoms with Crippen LogP contribution < -0.4 is 11.1 Å². The Morgan fingerprint density at radius 1 is 1.44 bits per heavy atom. The summed E-state index contributed by atoms with van der Waals surface area (Å²) < 4.78 is 0. The summed E-state index contributed by atoms with van der Waals surface area (Å²) in [5, 5.41) is 20.6. The molecule has 0 aliphatic heterocycles. The SMILES string of the molecule is CCC[C@H](N)C(=O)Nc1ccc(O)c(C(=O)O)c1. The molecule has 0 unspecified atom stereocenters. The van der Waals surface area contributed by atoms with Crippen molar-refractivity contribution in [3.63, 3.8) is 0 Å². The van der Waals surface area contributed by atoms with E-state index in [0.717, 1.165) is 6.42 Å². The predicted molar refractivity (Wildman–Crippen MR) is 66.6 cm³/mol. The van der Waals surface area contributed by atoms with Crippen molar-refractivity contribution in [2.24, 2.45) is 5.73 Å². The van der Waals surface area contributed by atoms with Crippen molar-refractivity contribution in [1.82, 2.24) is 0 Å². The van der Waals surface area contributed by atoms with Crippen LogP contribution in [0.15, 0.2) is 18.2 Å². The molecular formula is C12H16N2O4. The highest BCUT2D eigenvalue weighted by Crippen LogP contribution is 2.21. The number of nitrogens with two attached hydrogens (primary N) is 1. The second kappa shape index (κ2) is 6.02. The van der Waals surface area contributed by atoms with E-state index in [1.165, 1.54) is 18.2 Å². The van der Waals surface area contributed by atoms with Gasteiger partial charge in [0.05, 0.1) is 6.04 Å². The lowest BCUT2D eigenvalue weighted by Crippen LogP contribution is -2.35. The predicted octanol–water partition coefficient (Wildman–Crippen LogP) is 1.16. The lowest BCUT2D eigenvalue weighted by Gasteiger charge is -2.11. The smallest absolute Gasteiger partial charge is 0.339 e. The highest BCUT2D eigenvalue weighted by atomic mass is 16.4. The first-order chi connectivity index (χ1) is 8.45. The monoisotopic (exact) mass is 252 g/mol. The molecule has 0 heterocycles. The number of hydrogen-bond donors (Lipinski definition) is 4. The minimum Gasteiger partial charge on any atom is -0.507 e. The van der Waals surface area contributed by atoms with Crippen LogP contribution in [0.1, 0.15) is 30.1 Å². The van der Waals surface area contributed by atoms with Gasteiger partial charge in [0, 0.05) is 5.69 Å². The summed E-state index contributed by atoms with van der Waals surface area (Å²) in [6.45, 7) is 1.91. The molecule has 0 radical (unpaired) electrons. The standard InChI is InChI=1S/C12H16N2O4/c1-2-3-9(13)11(16)14-7-4-5-10(15)8(6-7)12(17)18/h4-6,9,15H,2-3,13H2,1H3,(H,14,16)(H,17,18)/t9-/m0/s1. The van der Waals surface area contributed by atoms with Crippen LogP contribution in [0.3, 0.4) is 0 Å². The van der Waals surface area contributed by atoms with Gasteiger partial charge in [-0.05, 0) is 24.6 Å². The number of carboxylic acids is 1. The molecule has 0 aromatic heterocycles. The van der Waals surface area contributed by atoms with Crippen LogP contribution in [0, 0.1) is 0 Å². The van der Waals surface area contributed by atoms with Crippen molar-refractivity contribution in [2.45, 2.75) is 25.8 Å². The van der Waals surface area contributed by atoms with Crippen LogP contribution in [0.5, 0.6) is 5.75 Å². The van der Waals surface area contributed by atoms with E-state index in [1.54, 1.807) is 0 Å². The van der Waals surface area contributed by atoms with Crippen molar-refractivity contribution in [2.75, 3.05) is 5.32 Å². The van der Waals surface area contributed by atoms with E-state index < -0.39 is 12.0 Å². The van der Waals surface area contributed by atoms with Gasteiger partial charge in [-0.15, -0.1) is 0 Å². The van der Waals surface area contributed by atoms with E-state index in [-0.39, 0.29) is 17.2 Å². The Balaban J connectivity index is 2.82. The third-order valence-corrected chi connectivity index (χ3v) is 2.43. The lowest BCUT2D eigenvalue weighted by atomic mass is 10.1. The Hall–Kier alpha value is -2.08. The molecule has 1 rings (SSSR count). The minimum absolute atomic E-state index is 0.267. The Morgan fingerprint density at radius 3 is 2.67 bits per heavy atom. The van der Waals surface area contributed by atoms with Crippen molar-refractivity contribution >= 4 is 17.6 Å². The molecule has 0 bridgehead atoms. The van der Waals surface area contributed by atoms with Gasteiger partial charge in [0.2, 0.25) is 5.91 Å². The van der Waals surface area contributed by atoms with Gasteiger partial charge >= 0.3 is 5.97 Å². The molecule has 1 amide bonds. The fourth-order valence-corrected chi connectivity index (χ4v) is 1.46. The molecule has 0 aliphatic carbocycles. The summed E-state index contributed by atoms with van der Waals surface area (Å²) in [6.07, 6.45) is 1.33. The second-order valence-electron chi connectivity index (χ2n) is 3.92. The van der Waals surface area contributed by atoms with Crippen molar-refractivity contribution in [3.05, 3.63) is 23.8 Å². The van der Waals surface area contributed by atoms with Gasteiger partial charge in [0.15, 0.2) is 0 Å². The molecule has 6 nitrogen and oxygen atoms in total. The van der Waals surface area contributed by atoms with E-state index in [9.17, 15) is 14.7 Å². The fraction of sp³-hybridized carbons (Fsp3) is 0.333. The summed E-state index contributed by atoms with van der Waals surface area (Å²) in [5.41, 5.74) is 5.65. The Labute approximate surface area is 104 Å². The highest BCUT2D eigenvalue weighted by Gasteiger charge is 2.15. The quantitative estimate of drug-likeness (QED) is 0.587. The molecule has 18 heavy (non-hydrogen) atoms. The number of carboxylic acid groups (broad SMARTS) is 1. The molecule has 6 heteroatoms. The number of anilines is 1. The van der Waals surface area contributed by atoms with Crippen LogP contribution in [-0.4, -0.2) is 28.1 Å². The maximum atomic E-state index is 11.6. The Kier molecular flexibility index (Phi) is 4.67. The van der Waals surface area contributed by atoms with E-state index >= 15 is 0 Å². The van der Waals surface area contributed by atoms with Crippen LogP contribution in [0.4, 0.5) is 5.69 Å². The summed E-state index contributed by atoms with van der Waals surface area (Å²) >= 11 is 0. The van der Waals surface area contributed by atoms with Crippen LogP contribution in [0.25, 0.3) is 0 Å². The van der Waals surface area contributed by atoms with Crippen LogP contribution in [0.2, 0.25) is 0 Å². The average Bonchev–Trinajstić information content (AvgIpc) is 2.31. The third-order valence-electron chi connectivity index (χ3n) is 2.43. The second-order valence-corrected chi connectivity index (χ2v) is 3.92. The summed E-state index contributed by atoms with van der Waals surface area (Å²) in [7, 11) is 0. The maximum absolute atomic E-state index is 11.6. The number of hydrogen-bond acceptors (Lipinski definition) is 4. The molecule has 0 aliphatic rings. The van der Waals surface area contributed by atoms with Crippen molar-refractivity contribution < 1.29 is 19.8 Å². The fourth-order valence-electron chi connectivity index (χ4n) is 1.46. The van der Waals surface area contributed by atoms with Crippen LogP contribution >= 0.6 is 0 Å². The summed E-state index contributed by atoms with van der Waals surface area (Å²) in [5.74, 6) is -1.99. The molecule has 1 atom stereocenters. The zero-order valence-electron chi connectivity index (χ0n) is 10.0. The molecular weight excluding hydrogens is 236 g/mol. The molecule has 0 saturated heterocycles. The van der Waals surface area contributed by atoms with E-state index in [0.29, 0.717) is 12.1 Å².